The van der Waals surface area contributed by atoms with Crippen LogP contribution in [0.25, 0.3) is 0 Å². The van der Waals surface area contributed by atoms with E-state index in [2.05, 4.69) is 4.74 Å². The van der Waals surface area contributed by atoms with Crippen molar-refractivity contribution < 1.29 is 31.1 Å². The van der Waals surface area contributed by atoms with E-state index < -0.39 is 35.2 Å². The van der Waals surface area contributed by atoms with Crippen LogP contribution in [0, 0.1) is 0 Å². The molecule has 0 saturated carbocycles. The number of aromatic nitrogens is 1. The summed E-state index contributed by atoms with van der Waals surface area (Å²) in [4.78, 5) is 12.1. The standard InChI is InChI=1S/C7H4F6N2O2/c8-6(9,10)3-1-2(14)4(5(16)15-3)17-7(11,12)13/h1H,(H3,14,15,16). The van der Waals surface area contributed by atoms with Crippen molar-refractivity contribution in [2.75, 3.05) is 5.73 Å². The van der Waals surface area contributed by atoms with E-state index in [4.69, 9.17) is 5.73 Å². The van der Waals surface area contributed by atoms with Gasteiger partial charge < -0.3 is 15.5 Å². The normalized spacial score (nSPS) is 12.6. The van der Waals surface area contributed by atoms with Crippen molar-refractivity contribution in [1.29, 1.82) is 0 Å². The van der Waals surface area contributed by atoms with Gasteiger partial charge in [0.2, 0.25) is 5.75 Å². The lowest BCUT2D eigenvalue weighted by Gasteiger charge is -2.12. The minimum Gasteiger partial charge on any atom is -0.398 e. The van der Waals surface area contributed by atoms with Crippen LogP contribution in [0.3, 0.4) is 0 Å². The van der Waals surface area contributed by atoms with Crippen molar-refractivity contribution in [3.63, 3.8) is 0 Å². The van der Waals surface area contributed by atoms with Crippen molar-refractivity contribution in [3.8, 4) is 5.75 Å². The number of hydrogen-bond donors (Lipinski definition) is 2. The number of aromatic amines is 1. The topological polar surface area (TPSA) is 68.1 Å². The molecule has 0 spiro atoms. The van der Waals surface area contributed by atoms with Crippen LogP contribution < -0.4 is 16.0 Å². The molecule has 1 rings (SSSR count). The summed E-state index contributed by atoms with van der Waals surface area (Å²) in [6.07, 6.45) is -10.1. The number of hydrogen-bond acceptors (Lipinski definition) is 3. The summed E-state index contributed by atoms with van der Waals surface area (Å²) in [5.41, 5.74) is 0.550. The minimum absolute atomic E-state index is 0.141. The molecule has 4 nitrogen and oxygen atoms in total. The first-order valence-corrected chi connectivity index (χ1v) is 3.86. The van der Waals surface area contributed by atoms with Crippen LogP contribution >= 0.6 is 0 Å². The number of halogens is 6. The molecule has 0 aromatic carbocycles. The lowest BCUT2D eigenvalue weighted by atomic mass is 10.3. The molecule has 0 radical (unpaired) electrons. The zero-order chi connectivity index (χ0) is 13.4. The first-order valence-electron chi connectivity index (χ1n) is 3.86. The van der Waals surface area contributed by atoms with Crippen LogP contribution in [0.4, 0.5) is 32.0 Å². The summed E-state index contributed by atoms with van der Waals surface area (Å²) in [6, 6.07) is 0.141. The quantitative estimate of drug-likeness (QED) is 0.759. The van der Waals surface area contributed by atoms with Crippen LogP contribution in [0.2, 0.25) is 0 Å². The summed E-state index contributed by atoms with van der Waals surface area (Å²) in [7, 11) is 0. The number of rotatable bonds is 1. The van der Waals surface area contributed by atoms with Crippen molar-refractivity contribution in [1.82, 2.24) is 4.98 Å². The number of H-pyrrole nitrogens is 1. The van der Waals surface area contributed by atoms with Crippen LogP contribution in [-0.4, -0.2) is 11.3 Å². The van der Waals surface area contributed by atoms with E-state index in [-0.39, 0.29) is 6.07 Å². The first kappa shape index (κ1) is 13.2. The van der Waals surface area contributed by atoms with Gasteiger partial charge in [-0.2, -0.15) is 13.2 Å². The predicted octanol–water partition coefficient (Wildman–Crippen LogP) is 1.87. The van der Waals surface area contributed by atoms with Gasteiger partial charge in [0.25, 0.3) is 5.56 Å². The van der Waals surface area contributed by atoms with Crippen LogP contribution in [0.15, 0.2) is 10.9 Å². The molecule has 3 N–H and O–H groups in total. The molecule has 0 bridgehead atoms. The number of anilines is 1. The SMILES string of the molecule is Nc1cc(C(F)(F)F)[nH]c(=O)c1OC(F)(F)F. The molecule has 1 aromatic heterocycles. The number of alkyl halides is 6. The zero-order valence-electron chi connectivity index (χ0n) is 7.74. The Morgan fingerprint density at radius 1 is 1.18 bits per heavy atom. The second-order valence-electron chi connectivity index (χ2n) is 2.84. The van der Waals surface area contributed by atoms with Gasteiger partial charge in [0.05, 0.1) is 5.69 Å². The molecular weight excluding hydrogens is 258 g/mol. The first-order chi connectivity index (χ1) is 7.50. The molecule has 0 aliphatic rings. The van der Waals surface area contributed by atoms with Crippen molar-refractivity contribution >= 4 is 5.69 Å². The Morgan fingerprint density at radius 3 is 2.06 bits per heavy atom. The Morgan fingerprint density at radius 2 is 1.71 bits per heavy atom. The fraction of sp³-hybridized carbons (Fsp3) is 0.286. The Bertz CT molecular complexity index is 475. The van der Waals surface area contributed by atoms with E-state index in [1.807, 2.05) is 0 Å². The van der Waals surface area contributed by atoms with Crippen molar-refractivity contribution in [2.24, 2.45) is 0 Å². The van der Waals surface area contributed by atoms with Gasteiger partial charge in [-0.1, -0.05) is 0 Å². The smallest absolute Gasteiger partial charge is 0.398 e. The van der Waals surface area contributed by atoms with Crippen LogP contribution in [0.5, 0.6) is 5.75 Å². The van der Waals surface area contributed by atoms with E-state index in [9.17, 15) is 31.1 Å². The molecule has 0 saturated heterocycles. The van der Waals surface area contributed by atoms with E-state index in [1.165, 1.54) is 4.98 Å². The van der Waals surface area contributed by atoms with Crippen LogP contribution in [-0.2, 0) is 6.18 Å². The number of nitrogens with one attached hydrogen (secondary N) is 1. The number of pyridine rings is 1. The average Bonchev–Trinajstić information content (AvgIpc) is 2.07. The zero-order valence-corrected chi connectivity index (χ0v) is 7.74. The lowest BCUT2D eigenvalue weighted by molar-refractivity contribution is -0.274. The van der Waals surface area contributed by atoms with Gasteiger partial charge in [-0.15, -0.1) is 13.2 Å². The largest absolute Gasteiger partial charge is 0.573 e. The van der Waals surface area contributed by atoms with Gasteiger partial charge in [-0.3, -0.25) is 4.79 Å². The van der Waals surface area contributed by atoms with Gasteiger partial charge in [-0.25, -0.2) is 0 Å². The van der Waals surface area contributed by atoms with Gasteiger partial charge >= 0.3 is 12.5 Å². The molecule has 1 aromatic rings. The number of nitrogens with two attached hydrogens (primary N) is 1. The molecule has 96 valence electrons. The molecule has 0 fully saturated rings. The maximum absolute atomic E-state index is 12.1. The minimum atomic E-state index is -5.22. The molecule has 0 aliphatic heterocycles. The van der Waals surface area contributed by atoms with Gasteiger partial charge in [0.15, 0.2) is 0 Å². The fourth-order valence-corrected chi connectivity index (χ4v) is 0.941. The highest BCUT2D eigenvalue weighted by Crippen LogP contribution is 2.31. The molecule has 1 heterocycles. The fourth-order valence-electron chi connectivity index (χ4n) is 0.941. The molecule has 0 aliphatic carbocycles. The number of nitrogen functional groups attached to an aromatic ring is 1. The van der Waals surface area contributed by atoms with Gasteiger partial charge in [0.1, 0.15) is 5.69 Å². The highest BCUT2D eigenvalue weighted by molar-refractivity contribution is 5.52. The van der Waals surface area contributed by atoms with Gasteiger partial charge in [0, 0.05) is 0 Å². The highest BCUT2D eigenvalue weighted by atomic mass is 19.4. The third-order valence-electron chi connectivity index (χ3n) is 1.54. The van der Waals surface area contributed by atoms with Crippen molar-refractivity contribution in [3.05, 3.63) is 22.1 Å². The highest BCUT2D eigenvalue weighted by Gasteiger charge is 2.36. The van der Waals surface area contributed by atoms with E-state index >= 15 is 0 Å². The summed E-state index contributed by atoms with van der Waals surface area (Å²) >= 11 is 0. The van der Waals surface area contributed by atoms with E-state index in [1.54, 1.807) is 0 Å². The lowest BCUT2D eigenvalue weighted by Crippen LogP contribution is -2.26. The maximum Gasteiger partial charge on any atom is 0.573 e. The second-order valence-corrected chi connectivity index (χ2v) is 2.84. The Hall–Kier alpha value is -1.87. The summed E-state index contributed by atoms with van der Waals surface area (Å²) in [6.45, 7) is 0. The Kier molecular flexibility index (Phi) is 2.99. The monoisotopic (exact) mass is 262 g/mol. The molecule has 0 amide bonds. The Balaban J connectivity index is 3.26. The van der Waals surface area contributed by atoms with Gasteiger partial charge in [-0.05, 0) is 6.07 Å². The molecule has 0 atom stereocenters. The molecule has 0 unspecified atom stereocenters. The van der Waals surface area contributed by atoms with E-state index in [0.29, 0.717) is 0 Å². The summed E-state index contributed by atoms with van der Waals surface area (Å²) in [5.74, 6) is -1.43. The molecular formula is C7H4F6N2O2. The third kappa shape index (κ3) is 3.29. The van der Waals surface area contributed by atoms with Crippen molar-refractivity contribution in [2.45, 2.75) is 12.5 Å². The average molecular weight is 262 g/mol. The van der Waals surface area contributed by atoms with Crippen LogP contribution in [0.1, 0.15) is 5.69 Å². The molecule has 17 heavy (non-hydrogen) atoms. The summed E-state index contributed by atoms with van der Waals surface area (Å²) < 4.78 is 74.9. The predicted molar refractivity (Wildman–Crippen MR) is 43.2 cm³/mol. The number of ether oxygens (including phenoxy) is 1. The second kappa shape index (κ2) is 3.86. The summed E-state index contributed by atoms with van der Waals surface area (Å²) in [5, 5.41) is 0. The molecule has 10 heteroatoms. The maximum atomic E-state index is 12.1. The third-order valence-corrected chi connectivity index (χ3v) is 1.54. The Labute approximate surface area is 89.0 Å². The van der Waals surface area contributed by atoms with E-state index in [0.717, 1.165) is 0 Å².